The van der Waals surface area contributed by atoms with Crippen LogP contribution in [0.4, 0.5) is 0 Å². The number of carbonyl (C=O) groups is 1. The maximum Gasteiger partial charge on any atom is 0.246 e. The summed E-state index contributed by atoms with van der Waals surface area (Å²) in [6.45, 7) is 8.27. The van der Waals surface area contributed by atoms with Crippen LogP contribution in [0.1, 0.15) is 50.3 Å². The van der Waals surface area contributed by atoms with Crippen molar-refractivity contribution in [1.82, 2.24) is 15.1 Å². The summed E-state index contributed by atoms with van der Waals surface area (Å²) >= 11 is 5.75. The Bertz CT molecular complexity index is 1020. The standard InChI is InChI=1S/C28H35N3O2S/c1-3-33-25-12-8-7-11-24(25)13-14-26(32)30-18-15-28(16-19-30)17-20-31(21-28)27(34)29-22(2)23-9-5-4-6-10-23/h4-14,22H,3,15-21H2,1-2H3,(H,29,34). The van der Waals surface area contributed by atoms with Crippen molar-refractivity contribution < 1.29 is 9.53 Å². The second-order valence-electron chi connectivity index (χ2n) is 9.38. The zero-order valence-corrected chi connectivity index (χ0v) is 21.0. The highest BCUT2D eigenvalue weighted by atomic mass is 32.1. The zero-order chi connectivity index (χ0) is 24.0. The molecule has 1 unspecified atom stereocenters. The molecule has 2 heterocycles. The van der Waals surface area contributed by atoms with E-state index in [1.807, 2.05) is 48.2 Å². The van der Waals surface area contributed by atoms with Crippen LogP contribution >= 0.6 is 12.2 Å². The third-order valence-electron chi connectivity index (χ3n) is 7.13. The molecule has 2 aliphatic heterocycles. The third-order valence-corrected chi connectivity index (χ3v) is 7.50. The van der Waals surface area contributed by atoms with Crippen molar-refractivity contribution in [2.75, 3.05) is 32.8 Å². The molecule has 34 heavy (non-hydrogen) atoms. The second-order valence-corrected chi connectivity index (χ2v) is 9.77. The van der Waals surface area contributed by atoms with Crippen LogP contribution in [-0.2, 0) is 4.79 Å². The first-order valence-corrected chi connectivity index (χ1v) is 12.7. The summed E-state index contributed by atoms with van der Waals surface area (Å²) in [7, 11) is 0. The van der Waals surface area contributed by atoms with Gasteiger partial charge in [0.05, 0.1) is 12.6 Å². The van der Waals surface area contributed by atoms with E-state index in [2.05, 4.69) is 41.4 Å². The number of likely N-dealkylation sites (tertiary alicyclic amines) is 2. The van der Waals surface area contributed by atoms with Gasteiger partial charge >= 0.3 is 0 Å². The molecule has 2 aliphatic rings. The van der Waals surface area contributed by atoms with E-state index in [-0.39, 0.29) is 17.4 Å². The Morgan fingerprint density at radius 1 is 1.06 bits per heavy atom. The number of amides is 1. The second kappa shape index (κ2) is 11.0. The van der Waals surface area contributed by atoms with Crippen LogP contribution in [0.3, 0.4) is 0 Å². The number of benzene rings is 2. The molecule has 1 N–H and O–H groups in total. The fraction of sp³-hybridized carbons (Fsp3) is 0.429. The van der Waals surface area contributed by atoms with Gasteiger partial charge in [-0.25, -0.2) is 0 Å². The highest BCUT2D eigenvalue weighted by Crippen LogP contribution is 2.40. The SMILES string of the molecule is CCOc1ccccc1C=CC(=O)N1CCC2(CC1)CCN(C(=S)NC(C)c1ccccc1)C2. The Morgan fingerprint density at radius 3 is 2.41 bits per heavy atom. The molecule has 180 valence electrons. The number of hydrogen-bond donors (Lipinski definition) is 1. The van der Waals surface area contributed by atoms with E-state index in [0.29, 0.717) is 6.61 Å². The van der Waals surface area contributed by atoms with Crippen molar-refractivity contribution in [2.24, 2.45) is 5.41 Å². The fourth-order valence-electron chi connectivity index (χ4n) is 4.99. The summed E-state index contributed by atoms with van der Waals surface area (Å²) in [5, 5.41) is 4.34. The van der Waals surface area contributed by atoms with E-state index in [4.69, 9.17) is 17.0 Å². The molecule has 1 atom stereocenters. The van der Waals surface area contributed by atoms with Gasteiger partial charge in [0.2, 0.25) is 5.91 Å². The molecule has 2 fully saturated rings. The molecule has 2 aromatic rings. The number of rotatable bonds is 6. The maximum atomic E-state index is 12.8. The van der Waals surface area contributed by atoms with Crippen LogP contribution in [0, 0.1) is 5.41 Å². The Morgan fingerprint density at radius 2 is 1.71 bits per heavy atom. The van der Waals surface area contributed by atoms with Crippen molar-refractivity contribution >= 4 is 29.3 Å². The number of hydrogen-bond acceptors (Lipinski definition) is 3. The minimum atomic E-state index is 0.0740. The van der Waals surface area contributed by atoms with E-state index in [1.54, 1.807) is 6.08 Å². The van der Waals surface area contributed by atoms with Crippen molar-refractivity contribution in [3.05, 3.63) is 71.8 Å². The Balaban J connectivity index is 1.28. The van der Waals surface area contributed by atoms with Gasteiger partial charge in [0, 0.05) is 37.8 Å². The van der Waals surface area contributed by atoms with Crippen molar-refractivity contribution in [3.63, 3.8) is 0 Å². The molecule has 1 amide bonds. The predicted molar refractivity (Wildman–Crippen MR) is 142 cm³/mol. The first-order valence-electron chi connectivity index (χ1n) is 12.3. The van der Waals surface area contributed by atoms with E-state index >= 15 is 0 Å². The first-order chi connectivity index (χ1) is 16.5. The van der Waals surface area contributed by atoms with Crippen molar-refractivity contribution in [1.29, 1.82) is 0 Å². The number of para-hydroxylation sites is 1. The van der Waals surface area contributed by atoms with Crippen LogP contribution in [0.15, 0.2) is 60.7 Å². The smallest absolute Gasteiger partial charge is 0.246 e. The summed E-state index contributed by atoms with van der Waals surface area (Å²) in [5.41, 5.74) is 2.43. The molecule has 4 rings (SSSR count). The summed E-state index contributed by atoms with van der Waals surface area (Å²) in [6.07, 6.45) is 6.73. The first kappa shape index (κ1) is 24.3. The van der Waals surface area contributed by atoms with Crippen molar-refractivity contribution in [2.45, 2.75) is 39.2 Å². The van der Waals surface area contributed by atoms with Gasteiger partial charge in [-0.15, -0.1) is 0 Å². The molecule has 0 bridgehead atoms. The lowest BCUT2D eigenvalue weighted by atomic mass is 9.78. The van der Waals surface area contributed by atoms with Gasteiger partial charge in [-0.3, -0.25) is 4.79 Å². The Hall–Kier alpha value is -2.86. The van der Waals surface area contributed by atoms with Crippen LogP contribution in [0.5, 0.6) is 5.75 Å². The van der Waals surface area contributed by atoms with Gasteiger partial charge < -0.3 is 19.9 Å². The number of carbonyl (C=O) groups excluding carboxylic acids is 1. The molecule has 2 saturated heterocycles. The van der Waals surface area contributed by atoms with Crippen LogP contribution in [0.2, 0.25) is 0 Å². The predicted octanol–water partition coefficient (Wildman–Crippen LogP) is 5.05. The highest BCUT2D eigenvalue weighted by Gasteiger charge is 2.41. The van der Waals surface area contributed by atoms with Crippen LogP contribution in [-0.4, -0.2) is 53.6 Å². The fourth-order valence-corrected chi connectivity index (χ4v) is 5.32. The van der Waals surface area contributed by atoms with Crippen molar-refractivity contribution in [3.8, 4) is 5.75 Å². The molecule has 5 nitrogen and oxygen atoms in total. The quantitative estimate of drug-likeness (QED) is 0.466. The zero-order valence-electron chi connectivity index (χ0n) is 20.2. The lowest BCUT2D eigenvalue weighted by Gasteiger charge is -2.39. The van der Waals surface area contributed by atoms with E-state index in [1.165, 1.54) is 5.56 Å². The van der Waals surface area contributed by atoms with Gasteiger partial charge in [0.15, 0.2) is 5.11 Å². The molecular formula is C28H35N3O2S. The van der Waals surface area contributed by atoms with E-state index in [0.717, 1.165) is 61.9 Å². The summed E-state index contributed by atoms with van der Waals surface area (Å²) in [6, 6.07) is 18.4. The Labute approximate surface area is 208 Å². The molecule has 0 saturated carbocycles. The number of nitrogens with one attached hydrogen (secondary N) is 1. The Kier molecular flexibility index (Phi) is 7.88. The summed E-state index contributed by atoms with van der Waals surface area (Å²) < 4.78 is 5.66. The minimum Gasteiger partial charge on any atom is -0.493 e. The lowest BCUT2D eigenvalue weighted by molar-refractivity contribution is -0.128. The van der Waals surface area contributed by atoms with Gasteiger partial charge in [0.1, 0.15) is 5.75 Å². The van der Waals surface area contributed by atoms with Crippen LogP contribution in [0.25, 0.3) is 6.08 Å². The normalized spacial score (nSPS) is 18.3. The number of ether oxygens (including phenoxy) is 1. The van der Waals surface area contributed by atoms with Gasteiger partial charge in [-0.2, -0.15) is 0 Å². The maximum absolute atomic E-state index is 12.8. The molecule has 2 aromatic carbocycles. The number of nitrogens with zero attached hydrogens (tertiary/aromatic N) is 2. The molecule has 1 spiro atoms. The third kappa shape index (κ3) is 5.79. The lowest BCUT2D eigenvalue weighted by Crippen LogP contribution is -2.45. The monoisotopic (exact) mass is 477 g/mol. The molecule has 0 radical (unpaired) electrons. The topological polar surface area (TPSA) is 44.8 Å². The average Bonchev–Trinajstić information content (AvgIpc) is 3.28. The molecule has 0 aromatic heterocycles. The van der Waals surface area contributed by atoms with E-state index < -0.39 is 0 Å². The number of thiocarbonyl (C=S) groups is 1. The highest BCUT2D eigenvalue weighted by molar-refractivity contribution is 7.80. The minimum absolute atomic E-state index is 0.0740. The van der Waals surface area contributed by atoms with Gasteiger partial charge in [0.25, 0.3) is 0 Å². The summed E-state index contributed by atoms with van der Waals surface area (Å²) in [4.78, 5) is 17.1. The number of piperidine rings is 1. The van der Waals surface area contributed by atoms with Crippen LogP contribution < -0.4 is 10.1 Å². The summed E-state index contributed by atoms with van der Waals surface area (Å²) in [5.74, 6) is 0.883. The average molecular weight is 478 g/mol. The molecule has 6 heteroatoms. The molecular weight excluding hydrogens is 442 g/mol. The van der Waals surface area contributed by atoms with Gasteiger partial charge in [-0.1, -0.05) is 48.5 Å². The van der Waals surface area contributed by atoms with E-state index in [9.17, 15) is 4.79 Å². The molecule has 0 aliphatic carbocycles. The largest absolute Gasteiger partial charge is 0.493 e. The van der Waals surface area contributed by atoms with Gasteiger partial charge in [-0.05, 0) is 68.4 Å².